The second-order valence-corrected chi connectivity index (χ2v) is 2.87. The molecular formula is C12H20O2. The summed E-state index contributed by atoms with van der Waals surface area (Å²) in [6.07, 6.45) is 4.79. The number of hydrogen-bond donors (Lipinski definition) is 0. The molecule has 1 unspecified atom stereocenters. The van der Waals surface area contributed by atoms with Gasteiger partial charge in [0, 0.05) is 13.0 Å². The van der Waals surface area contributed by atoms with Crippen molar-refractivity contribution in [3.8, 4) is 11.8 Å². The van der Waals surface area contributed by atoms with Gasteiger partial charge in [-0.25, -0.2) is 0 Å². The Kier molecular flexibility index (Phi) is 9.73. The molecule has 0 aliphatic rings. The van der Waals surface area contributed by atoms with Crippen molar-refractivity contribution in [2.24, 2.45) is 0 Å². The van der Waals surface area contributed by atoms with Crippen molar-refractivity contribution in [1.29, 1.82) is 0 Å². The highest BCUT2D eigenvalue weighted by atomic mass is 16.7. The average Bonchev–Trinajstić information content (AvgIpc) is 2.17. The third kappa shape index (κ3) is 9.31. The second kappa shape index (κ2) is 10.3. The second-order valence-electron chi connectivity index (χ2n) is 2.87. The fourth-order valence-electron chi connectivity index (χ4n) is 0.916. The van der Waals surface area contributed by atoms with Crippen molar-refractivity contribution < 1.29 is 9.47 Å². The molecule has 80 valence electrons. The lowest BCUT2D eigenvalue weighted by Crippen LogP contribution is -2.12. The normalized spacial score (nSPS) is 11.6. The zero-order valence-electron chi connectivity index (χ0n) is 9.21. The Morgan fingerprint density at radius 2 is 2.14 bits per heavy atom. The quantitative estimate of drug-likeness (QED) is 0.270. The van der Waals surface area contributed by atoms with Gasteiger partial charge in [-0.3, -0.25) is 0 Å². The Balaban J connectivity index is 3.28. The topological polar surface area (TPSA) is 18.5 Å². The molecule has 0 saturated carbocycles. The van der Waals surface area contributed by atoms with Crippen LogP contribution in [0.25, 0.3) is 0 Å². The van der Waals surface area contributed by atoms with Crippen molar-refractivity contribution in [2.75, 3.05) is 13.2 Å². The molecule has 2 nitrogen and oxygen atoms in total. The summed E-state index contributed by atoms with van der Waals surface area (Å²) in [6.45, 7) is 8.60. The minimum absolute atomic E-state index is 0.150. The molecule has 0 heterocycles. The van der Waals surface area contributed by atoms with E-state index in [2.05, 4.69) is 18.4 Å². The molecule has 0 spiro atoms. The Morgan fingerprint density at radius 1 is 1.36 bits per heavy atom. The fourth-order valence-corrected chi connectivity index (χ4v) is 0.916. The molecule has 0 rings (SSSR count). The maximum absolute atomic E-state index is 5.27. The van der Waals surface area contributed by atoms with E-state index in [1.54, 1.807) is 0 Å². The predicted molar refractivity (Wildman–Crippen MR) is 58.9 cm³/mol. The van der Waals surface area contributed by atoms with Gasteiger partial charge in [0.25, 0.3) is 0 Å². The van der Waals surface area contributed by atoms with Crippen LogP contribution in [0.1, 0.15) is 33.1 Å². The van der Waals surface area contributed by atoms with Crippen LogP contribution in [-0.2, 0) is 9.47 Å². The van der Waals surface area contributed by atoms with E-state index < -0.39 is 0 Å². The average molecular weight is 196 g/mol. The van der Waals surface area contributed by atoms with Crippen molar-refractivity contribution in [3.63, 3.8) is 0 Å². The van der Waals surface area contributed by atoms with Gasteiger partial charge in [-0.2, -0.15) is 0 Å². The van der Waals surface area contributed by atoms with Gasteiger partial charge >= 0.3 is 0 Å². The smallest absolute Gasteiger partial charge is 0.156 e. The summed E-state index contributed by atoms with van der Waals surface area (Å²) in [7, 11) is 0. The van der Waals surface area contributed by atoms with E-state index in [1.807, 2.05) is 19.9 Å². The van der Waals surface area contributed by atoms with E-state index in [4.69, 9.17) is 9.47 Å². The third-order valence-corrected chi connectivity index (χ3v) is 1.63. The number of unbranched alkanes of at least 4 members (excludes halogenated alkanes) is 2. The first-order valence-corrected chi connectivity index (χ1v) is 5.11. The maximum Gasteiger partial charge on any atom is 0.156 e. The van der Waals surface area contributed by atoms with Crippen LogP contribution in [0.15, 0.2) is 12.7 Å². The largest absolute Gasteiger partial charge is 0.353 e. The van der Waals surface area contributed by atoms with Crippen LogP contribution in [0.3, 0.4) is 0 Å². The minimum Gasteiger partial charge on any atom is -0.353 e. The highest BCUT2D eigenvalue weighted by Crippen LogP contribution is 1.94. The minimum atomic E-state index is -0.150. The van der Waals surface area contributed by atoms with Gasteiger partial charge in [0.05, 0.1) is 0 Å². The molecule has 0 radical (unpaired) electrons. The summed E-state index contributed by atoms with van der Waals surface area (Å²) >= 11 is 0. The first kappa shape index (κ1) is 13.2. The number of allylic oxidation sites excluding steroid dienone is 1. The van der Waals surface area contributed by atoms with E-state index in [0.717, 1.165) is 19.3 Å². The molecule has 0 fully saturated rings. The number of rotatable bonds is 7. The van der Waals surface area contributed by atoms with Crippen LogP contribution in [0.4, 0.5) is 0 Å². The Labute approximate surface area is 87.3 Å². The van der Waals surface area contributed by atoms with Crippen molar-refractivity contribution in [1.82, 2.24) is 0 Å². The molecule has 0 aromatic heterocycles. The standard InChI is InChI=1S/C12H20O2/c1-4-6-7-8-9-10-11-14-12(3)13-5-2/h4,12H,1,5-8,11H2,2-3H3. The molecule has 0 aliphatic heterocycles. The van der Waals surface area contributed by atoms with Crippen LogP contribution in [0, 0.1) is 11.8 Å². The lowest BCUT2D eigenvalue weighted by Gasteiger charge is -2.09. The van der Waals surface area contributed by atoms with E-state index in [0.29, 0.717) is 13.2 Å². The van der Waals surface area contributed by atoms with Crippen LogP contribution in [0.2, 0.25) is 0 Å². The monoisotopic (exact) mass is 196 g/mol. The van der Waals surface area contributed by atoms with Gasteiger partial charge in [-0.05, 0) is 26.7 Å². The summed E-state index contributed by atoms with van der Waals surface area (Å²) in [4.78, 5) is 0. The van der Waals surface area contributed by atoms with E-state index >= 15 is 0 Å². The molecular weight excluding hydrogens is 176 g/mol. The van der Waals surface area contributed by atoms with Gasteiger partial charge in [-0.1, -0.05) is 12.0 Å². The highest BCUT2D eigenvalue weighted by molar-refractivity contribution is 4.99. The molecule has 0 aromatic carbocycles. The molecule has 2 heteroatoms. The summed E-state index contributed by atoms with van der Waals surface area (Å²) in [5.41, 5.74) is 0. The SMILES string of the molecule is C=CCCCC#CCOC(C)OCC. The Hall–Kier alpha value is -0.780. The molecule has 1 atom stereocenters. The highest BCUT2D eigenvalue weighted by Gasteiger charge is 1.96. The summed E-state index contributed by atoms with van der Waals surface area (Å²) in [5.74, 6) is 5.99. The third-order valence-electron chi connectivity index (χ3n) is 1.63. The van der Waals surface area contributed by atoms with Crippen LogP contribution in [0.5, 0.6) is 0 Å². The lowest BCUT2D eigenvalue weighted by molar-refractivity contribution is -0.117. The molecule has 0 aromatic rings. The fraction of sp³-hybridized carbons (Fsp3) is 0.667. The van der Waals surface area contributed by atoms with E-state index in [-0.39, 0.29) is 6.29 Å². The number of hydrogen-bond acceptors (Lipinski definition) is 2. The first-order chi connectivity index (χ1) is 6.81. The van der Waals surface area contributed by atoms with Crippen molar-refractivity contribution in [3.05, 3.63) is 12.7 Å². The molecule has 0 saturated heterocycles. The Bertz CT molecular complexity index is 188. The zero-order chi connectivity index (χ0) is 10.6. The molecule has 0 N–H and O–H groups in total. The number of ether oxygens (including phenoxy) is 2. The lowest BCUT2D eigenvalue weighted by atomic mass is 10.2. The van der Waals surface area contributed by atoms with Gasteiger partial charge in [0.1, 0.15) is 6.61 Å². The maximum atomic E-state index is 5.27. The summed E-state index contributed by atoms with van der Waals surface area (Å²) in [6, 6.07) is 0. The zero-order valence-corrected chi connectivity index (χ0v) is 9.21. The molecule has 0 aliphatic carbocycles. The van der Waals surface area contributed by atoms with Gasteiger partial charge in [-0.15, -0.1) is 12.5 Å². The Morgan fingerprint density at radius 3 is 2.79 bits per heavy atom. The molecule has 14 heavy (non-hydrogen) atoms. The summed E-state index contributed by atoms with van der Waals surface area (Å²) in [5, 5.41) is 0. The van der Waals surface area contributed by atoms with Gasteiger partial charge < -0.3 is 9.47 Å². The van der Waals surface area contributed by atoms with E-state index in [9.17, 15) is 0 Å². The van der Waals surface area contributed by atoms with Crippen LogP contribution in [-0.4, -0.2) is 19.5 Å². The first-order valence-electron chi connectivity index (χ1n) is 5.11. The predicted octanol–water partition coefficient (Wildman–Crippen LogP) is 2.75. The molecule has 0 amide bonds. The van der Waals surface area contributed by atoms with Gasteiger partial charge in [0.15, 0.2) is 6.29 Å². The molecule has 0 bridgehead atoms. The van der Waals surface area contributed by atoms with Crippen LogP contribution >= 0.6 is 0 Å². The van der Waals surface area contributed by atoms with Crippen molar-refractivity contribution in [2.45, 2.75) is 39.4 Å². The summed E-state index contributed by atoms with van der Waals surface area (Å²) < 4.78 is 10.5. The van der Waals surface area contributed by atoms with Gasteiger partial charge in [0.2, 0.25) is 0 Å². The van der Waals surface area contributed by atoms with Crippen molar-refractivity contribution >= 4 is 0 Å². The van der Waals surface area contributed by atoms with E-state index in [1.165, 1.54) is 0 Å². The van der Waals surface area contributed by atoms with Crippen LogP contribution < -0.4 is 0 Å².